The van der Waals surface area contributed by atoms with Crippen molar-refractivity contribution < 1.29 is 22.7 Å². The van der Waals surface area contributed by atoms with Crippen molar-refractivity contribution in [3.63, 3.8) is 0 Å². The number of carbonyl (C=O) groups excluding carboxylic acids is 1. The first kappa shape index (κ1) is 24.8. The van der Waals surface area contributed by atoms with Gasteiger partial charge in [-0.1, -0.05) is 24.3 Å². The lowest BCUT2D eigenvalue weighted by molar-refractivity contribution is -0.140. The Morgan fingerprint density at radius 2 is 1.87 bits per heavy atom. The molecule has 1 saturated carbocycles. The summed E-state index contributed by atoms with van der Waals surface area (Å²) in [4.78, 5) is 36.0. The Hall–Kier alpha value is -4.55. The molecule has 1 aliphatic carbocycles. The molecule has 1 amide bonds. The average molecular weight is 537 g/mol. The number of alkyl halides is 3. The highest BCUT2D eigenvalue weighted by molar-refractivity contribution is 6.00. The van der Waals surface area contributed by atoms with Crippen LogP contribution in [0.4, 0.5) is 24.7 Å². The van der Waals surface area contributed by atoms with Gasteiger partial charge in [0.15, 0.2) is 17.3 Å². The zero-order valence-corrected chi connectivity index (χ0v) is 21.0. The monoisotopic (exact) mass is 536 g/mol. The van der Waals surface area contributed by atoms with Crippen LogP contribution in [0.5, 0.6) is 5.88 Å². The largest absolute Gasteiger partial charge is 0.480 e. The number of carbonyl (C=O) groups is 1. The van der Waals surface area contributed by atoms with E-state index in [4.69, 9.17) is 9.72 Å². The molecule has 0 spiro atoms. The summed E-state index contributed by atoms with van der Waals surface area (Å²) >= 11 is 0. The molecule has 0 saturated heterocycles. The summed E-state index contributed by atoms with van der Waals surface area (Å²) in [5.41, 5.74) is 2.39. The molecule has 39 heavy (non-hydrogen) atoms. The molecule has 1 aliphatic heterocycles. The number of ether oxygens (including phenoxy) is 1. The first-order valence-corrected chi connectivity index (χ1v) is 12.2. The number of benzene rings is 1. The molecule has 0 radical (unpaired) electrons. The minimum Gasteiger partial charge on any atom is -0.480 e. The third-order valence-electron chi connectivity index (χ3n) is 6.65. The molecular formula is C26H23F3N8O2. The molecule has 0 unspecified atom stereocenters. The van der Waals surface area contributed by atoms with Gasteiger partial charge in [0.2, 0.25) is 11.8 Å². The smallest absolute Gasteiger partial charge is 0.434 e. The molecule has 1 aromatic carbocycles. The van der Waals surface area contributed by atoms with Crippen LogP contribution in [-0.4, -0.2) is 49.0 Å². The molecule has 0 atom stereocenters. The van der Waals surface area contributed by atoms with E-state index in [1.807, 2.05) is 4.90 Å². The molecule has 13 heteroatoms. The number of amides is 1. The van der Waals surface area contributed by atoms with Crippen molar-refractivity contribution in [2.75, 3.05) is 23.9 Å². The highest BCUT2D eigenvalue weighted by atomic mass is 19.4. The number of nitrogens with one attached hydrogen (secondary N) is 1. The Morgan fingerprint density at radius 3 is 2.54 bits per heavy atom. The van der Waals surface area contributed by atoms with Crippen LogP contribution >= 0.6 is 0 Å². The number of methoxy groups -OCH3 is 1. The molecule has 3 aromatic heterocycles. The Morgan fingerprint density at radius 1 is 1.10 bits per heavy atom. The third-order valence-corrected chi connectivity index (χ3v) is 6.65. The summed E-state index contributed by atoms with van der Waals surface area (Å²) < 4.78 is 46.1. The number of aromatic nitrogens is 6. The zero-order chi connectivity index (χ0) is 27.3. The van der Waals surface area contributed by atoms with E-state index < -0.39 is 11.9 Å². The number of aryl methyl sites for hydroxylation is 1. The predicted octanol–water partition coefficient (Wildman–Crippen LogP) is 4.20. The molecule has 4 heterocycles. The first-order chi connectivity index (χ1) is 18.7. The van der Waals surface area contributed by atoms with Gasteiger partial charge in [-0.15, -0.1) is 0 Å². The molecule has 6 rings (SSSR count). The predicted molar refractivity (Wildman–Crippen MR) is 135 cm³/mol. The van der Waals surface area contributed by atoms with Crippen LogP contribution in [0.15, 0.2) is 43.0 Å². The molecule has 10 nitrogen and oxygen atoms in total. The number of hydrogen-bond acceptors (Lipinski definition) is 8. The molecule has 1 N–H and O–H groups in total. The Balaban J connectivity index is 1.31. The summed E-state index contributed by atoms with van der Waals surface area (Å²) in [7, 11) is 3.06. The highest BCUT2D eigenvalue weighted by Gasteiger charge is 2.35. The minimum atomic E-state index is -4.52. The van der Waals surface area contributed by atoms with E-state index in [1.165, 1.54) is 25.1 Å². The number of halogens is 3. The second-order valence-electron chi connectivity index (χ2n) is 9.51. The van der Waals surface area contributed by atoms with Crippen molar-refractivity contribution in [1.29, 1.82) is 0 Å². The maximum Gasteiger partial charge on any atom is 0.434 e. The Kier molecular flexibility index (Phi) is 5.92. The van der Waals surface area contributed by atoms with Gasteiger partial charge in [0.05, 0.1) is 25.5 Å². The summed E-state index contributed by atoms with van der Waals surface area (Å²) in [6.07, 6.45) is 1.52. The number of fused-ring (bicyclic) bond motifs is 1. The number of rotatable bonds is 6. The quantitative estimate of drug-likeness (QED) is 0.391. The Bertz CT molecular complexity index is 1560. The lowest BCUT2D eigenvalue weighted by Crippen LogP contribution is -2.38. The van der Waals surface area contributed by atoms with Gasteiger partial charge < -0.3 is 19.5 Å². The van der Waals surface area contributed by atoms with Crippen LogP contribution in [0.2, 0.25) is 0 Å². The maximum absolute atomic E-state index is 13.1. The number of anilines is 2. The number of hydrogen-bond donors (Lipinski definition) is 1. The topological polar surface area (TPSA) is 111 Å². The normalized spacial score (nSPS) is 15.2. The number of nitrogens with zero attached hydrogens (tertiary/aromatic N) is 7. The van der Waals surface area contributed by atoms with Crippen LogP contribution in [-0.2, 0) is 24.6 Å². The van der Waals surface area contributed by atoms with E-state index >= 15 is 0 Å². The summed E-state index contributed by atoms with van der Waals surface area (Å²) in [6, 6.07) is 7.01. The van der Waals surface area contributed by atoms with Crippen molar-refractivity contribution in [3.8, 4) is 28.7 Å². The fourth-order valence-corrected chi connectivity index (χ4v) is 4.66. The van der Waals surface area contributed by atoms with Crippen molar-refractivity contribution in [3.05, 3.63) is 59.9 Å². The van der Waals surface area contributed by atoms with Crippen molar-refractivity contribution in [2.45, 2.75) is 31.5 Å². The van der Waals surface area contributed by atoms with Gasteiger partial charge in [0, 0.05) is 31.3 Å². The van der Waals surface area contributed by atoms with E-state index in [0.717, 1.165) is 30.3 Å². The van der Waals surface area contributed by atoms with Gasteiger partial charge in [-0.25, -0.2) is 24.9 Å². The van der Waals surface area contributed by atoms with E-state index in [0.29, 0.717) is 46.8 Å². The van der Waals surface area contributed by atoms with Crippen LogP contribution in [0.3, 0.4) is 0 Å². The van der Waals surface area contributed by atoms with Gasteiger partial charge in [0.25, 0.3) is 0 Å². The van der Waals surface area contributed by atoms with Crippen molar-refractivity contribution in [1.82, 2.24) is 29.5 Å². The van der Waals surface area contributed by atoms with E-state index in [2.05, 4.69) is 25.3 Å². The number of imidazole rings is 1. The zero-order valence-electron chi connectivity index (χ0n) is 21.0. The van der Waals surface area contributed by atoms with Crippen molar-refractivity contribution in [2.24, 2.45) is 7.05 Å². The molecular weight excluding hydrogens is 513 g/mol. The lowest BCUT2D eigenvalue weighted by atomic mass is 10.1. The van der Waals surface area contributed by atoms with Gasteiger partial charge >= 0.3 is 6.18 Å². The Labute approximate surface area is 220 Å². The fourth-order valence-electron chi connectivity index (χ4n) is 4.66. The molecule has 4 aromatic rings. The van der Waals surface area contributed by atoms with E-state index in [1.54, 1.807) is 30.5 Å². The van der Waals surface area contributed by atoms with Crippen LogP contribution < -0.4 is 15.0 Å². The minimum absolute atomic E-state index is 0.0669. The van der Waals surface area contributed by atoms with Crippen LogP contribution in [0.1, 0.15) is 35.7 Å². The van der Waals surface area contributed by atoms with Gasteiger partial charge in [-0.05, 0) is 18.4 Å². The summed E-state index contributed by atoms with van der Waals surface area (Å²) in [5.74, 6) is 1.63. The van der Waals surface area contributed by atoms with Gasteiger partial charge in [-0.3, -0.25) is 4.79 Å². The molecule has 200 valence electrons. The van der Waals surface area contributed by atoms with Crippen LogP contribution in [0.25, 0.3) is 22.8 Å². The van der Waals surface area contributed by atoms with E-state index in [-0.39, 0.29) is 18.3 Å². The molecule has 0 bridgehead atoms. The van der Waals surface area contributed by atoms with Gasteiger partial charge in [0.1, 0.15) is 23.4 Å². The first-order valence-electron chi connectivity index (χ1n) is 12.2. The SMILES string of the molecule is COc1ncnc(C2CC2)c1-c1ncc2c(n1)N(Cc1ccc(-c3nc(C(F)(F)F)cn3C)cc1)CC(=O)N2. The third kappa shape index (κ3) is 4.75. The van der Waals surface area contributed by atoms with Crippen LogP contribution in [0, 0.1) is 0 Å². The van der Waals surface area contributed by atoms with Crippen molar-refractivity contribution >= 4 is 17.4 Å². The average Bonchev–Trinajstić information content (AvgIpc) is 3.68. The lowest BCUT2D eigenvalue weighted by Gasteiger charge is -2.30. The second kappa shape index (κ2) is 9.33. The highest BCUT2D eigenvalue weighted by Crippen LogP contribution is 2.45. The fraction of sp³-hybridized carbons (Fsp3) is 0.308. The molecule has 2 aliphatic rings. The summed E-state index contributed by atoms with van der Waals surface area (Å²) in [6.45, 7) is 0.404. The second-order valence-corrected chi connectivity index (χ2v) is 9.51. The maximum atomic E-state index is 13.1. The van der Waals surface area contributed by atoms with Gasteiger partial charge in [-0.2, -0.15) is 13.2 Å². The summed E-state index contributed by atoms with van der Waals surface area (Å²) in [5, 5.41) is 2.81. The standard InChI is InChI=1S/C26H23F3N8O2/c1-36-11-18(26(27,28)29)34-23(36)16-5-3-14(4-6-16)10-37-12-19(38)33-17-9-30-22(35-24(17)37)20-21(15-7-8-15)31-13-32-25(20)39-2/h3-6,9,11,13,15H,7-8,10,12H2,1-2H3,(H,33,38). The van der Waals surface area contributed by atoms with E-state index in [9.17, 15) is 18.0 Å². The molecule has 1 fully saturated rings.